The number of nitrogens with zero attached hydrogens (tertiary/aromatic N) is 2. The first-order valence-electron chi connectivity index (χ1n) is 9.09. The zero-order valence-corrected chi connectivity index (χ0v) is 17.6. The fraction of sp³-hybridized carbons (Fsp3) is 0.143. The van der Waals surface area contributed by atoms with Crippen molar-refractivity contribution in [2.24, 2.45) is 0 Å². The highest BCUT2D eigenvalue weighted by Crippen LogP contribution is 2.24. The van der Waals surface area contributed by atoms with Crippen LogP contribution in [-0.2, 0) is 21.4 Å². The van der Waals surface area contributed by atoms with Gasteiger partial charge in [0.25, 0.3) is 15.9 Å². The quantitative estimate of drug-likeness (QED) is 0.535. The fourth-order valence-electron chi connectivity index (χ4n) is 2.58. The van der Waals surface area contributed by atoms with E-state index >= 15 is 0 Å². The van der Waals surface area contributed by atoms with Gasteiger partial charge in [0, 0.05) is 25.4 Å². The molecule has 0 atom stereocenters. The van der Waals surface area contributed by atoms with Gasteiger partial charge in [-0.3, -0.25) is 14.6 Å². The Morgan fingerprint density at radius 2 is 1.90 bits per heavy atom. The molecule has 10 heteroatoms. The smallest absolute Gasteiger partial charge is 0.264 e. The van der Waals surface area contributed by atoms with Crippen molar-refractivity contribution >= 4 is 15.9 Å². The Morgan fingerprint density at radius 3 is 2.52 bits per heavy atom. The number of ether oxygens (including phenoxy) is 1. The van der Waals surface area contributed by atoms with Crippen LogP contribution < -0.4 is 10.1 Å². The van der Waals surface area contributed by atoms with Gasteiger partial charge in [-0.05, 0) is 54.1 Å². The van der Waals surface area contributed by atoms with E-state index in [4.69, 9.17) is 9.57 Å². The van der Waals surface area contributed by atoms with Crippen molar-refractivity contribution in [3.8, 4) is 11.5 Å². The molecule has 1 aromatic heterocycles. The molecule has 0 saturated carbocycles. The summed E-state index contributed by atoms with van der Waals surface area (Å²) >= 11 is 0. The minimum Gasteiger partial charge on any atom is -0.453 e. The van der Waals surface area contributed by atoms with Crippen LogP contribution in [0.1, 0.15) is 15.9 Å². The van der Waals surface area contributed by atoms with E-state index in [9.17, 15) is 17.6 Å². The number of sulfonamides is 1. The normalized spacial score (nSPS) is 11.4. The lowest BCUT2D eigenvalue weighted by Gasteiger charge is -2.14. The highest BCUT2D eigenvalue weighted by molar-refractivity contribution is 7.89. The number of halogens is 1. The van der Waals surface area contributed by atoms with E-state index in [0.717, 1.165) is 4.47 Å². The van der Waals surface area contributed by atoms with Crippen molar-refractivity contribution < 1.29 is 27.2 Å². The van der Waals surface area contributed by atoms with Crippen molar-refractivity contribution in [3.05, 3.63) is 83.9 Å². The van der Waals surface area contributed by atoms with E-state index in [2.05, 4.69) is 10.3 Å². The Morgan fingerprint density at radius 1 is 1.16 bits per heavy atom. The van der Waals surface area contributed by atoms with Crippen LogP contribution in [0.2, 0.25) is 0 Å². The average molecular weight is 445 g/mol. The number of hydrogen-bond donors (Lipinski definition) is 1. The number of pyridine rings is 1. The summed E-state index contributed by atoms with van der Waals surface area (Å²) in [7, 11) is -1.29. The molecule has 2 aromatic carbocycles. The van der Waals surface area contributed by atoms with Gasteiger partial charge in [-0.15, -0.1) is 0 Å². The van der Waals surface area contributed by atoms with E-state index in [0.29, 0.717) is 11.3 Å². The Hall–Kier alpha value is -3.34. The zero-order chi connectivity index (χ0) is 22.4. The van der Waals surface area contributed by atoms with Gasteiger partial charge in [0.15, 0.2) is 11.6 Å². The largest absolute Gasteiger partial charge is 0.453 e. The lowest BCUT2D eigenvalue weighted by atomic mass is 10.2. The Balaban J connectivity index is 1.62. The predicted molar refractivity (Wildman–Crippen MR) is 110 cm³/mol. The van der Waals surface area contributed by atoms with Crippen LogP contribution in [0.5, 0.6) is 11.5 Å². The summed E-state index contributed by atoms with van der Waals surface area (Å²) in [5.41, 5.74) is 0.793. The van der Waals surface area contributed by atoms with E-state index in [-0.39, 0.29) is 22.8 Å². The van der Waals surface area contributed by atoms with Crippen LogP contribution in [0.3, 0.4) is 0 Å². The number of carbonyl (C=O) groups excluding carboxylic acids is 1. The first-order chi connectivity index (χ1) is 14.8. The third kappa shape index (κ3) is 5.43. The standard InChI is InChI=1S/C21H20FN3O5S/c1-25(29-2)31(27,28)18-8-6-16(7-9-18)21(26)24-13-15-5-10-20(19(22)12-15)30-17-4-3-11-23-14-17/h3-12,14H,13H2,1-2H3,(H,24,26). The number of aromatic nitrogens is 1. The van der Waals surface area contributed by atoms with E-state index in [1.807, 2.05) is 0 Å². The number of hydroxylamine groups is 1. The van der Waals surface area contributed by atoms with Crippen molar-refractivity contribution in [1.29, 1.82) is 0 Å². The van der Waals surface area contributed by atoms with Crippen molar-refractivity contribution in [3.63, 3.8) is 0 Å². The lowest BCUT2D eigenvalue weighted by Crippen LogP contribution is -2.26. The molecule has 0 radical (unpaired) electrons. The summed E-state index contributed by atoms with van der Waals surface area (Å²) in [5, 5.41) is 2.66. The van der Waals surface area contributed by atoms with Gasteiger partial charge in [0.2, 0.25) is 0 Å². The molecule has 162 valence electrons. The third-order valence-corrected chi connectivity index (χ3v) is 6.02. The van der Waals surface area contributed by atoms with Crippen LogP contribution in [-0.4, -0.2) is 37.9 Å². The van der Waals surface area contributed by atoms with E-state index in [1.54, 1.807) is 24.4 Å². The third-order valence-electron chi connectivity index (χ3n) is 4.32. The summed E-state index contributed by atoms with van der Waals surface area (Å²) < 4.78 is 44.8. The van der Waals surface area contributed by atoms with Crippen LogP contribution in [0.4, 0.5) is 4.39 Å². The van der Waals surface area contributed by atoms with Crippen LogP contribution in [0, 0.1) is 5.82 Å². The minimum atomic E-state index is -3.80. The molecule has 0 aliphatic rings. The summed E-state index contributed by atoms with van der Waals surface area (Å²) in [4.78, 5) is 20.9. The molecule has 0 spiro atoms. The molecule has 0 aliphatic heterocycles. The maximum absolute atomic E-state index is 14.3. The molecule has 1 heterocycles. The number of hydrogen-bond acceptors (Lipinski definition) is 6. The first-order valence-corrected chi connectivity index (χ1v) is 10.5. The summed E-state index contributed by atoms with van der Waals surface area (Å²) in [6, 6.07) is 13.1. The maximum Gasteiger partial charge on any atom is 0.264 e. The zero-order valence-electron chi connectivity index (χ0n) is 16.8. The number of rotatable bonds is 8. The van der Waals surface area contributed by atoms with Gasteiger partial charge in [0.1, 0.15) is 5.75 Å². The fourth-order valence-corrected chi connectivity index (χ4v) is 3.55. The van der Waals surface area contributed by atoms with Gasteiger partial charge in [-0.2, -0.15) is 0 Å². The summed E-state index contributed by atoms with van der Waals surface area (Å²) in [6.45, 7) is 0.0788. The SMILES string of the molecule is CON(C)S(=O)(=O)c1ccc(C(=O)NCc2ccc(Oc3cccnc3)c(F)c2)cc1. The van der Waals surface area contributed by atoms with Gasteiger partial charge in [-0.1, -0.05) is 10.5 Å². The number of carbonyl (C=O) groups is 1. The van der Waals surface area contributed by atoms with Crippen LogP contribution >= 0.6 is 0 Å². The van der Waals surface area contributed by atoms with E-state index in [1.165, 1.54) is 56.8 Å². The maximum atomic E-state index is 14.3. The molecule has 3 aromatic rings. The Labute approximate surface area is 179 Å². The molecule has 3 rings (SSSR count). The lowest BCUT2D eigenvalue weighted by molar-refractivity contribution is -0.0258. The molecular formula is C21H20FN3O5S. The number of nitrogens with one attached hydrogen (secondary N) is 1. The molecule has 31 heavy (non-hydrogen) atoms. The van der Waals surface area contributed by atoms with Gasteiger partial charge in [-0.25, -0.2) is 12.8 Å². The predicted octanol–water partition coefficient (Wildman–Crippen LogP) is 3.12. The summed E-state index contributed by atoms with van der Waals surface area (Å²) in [5.74, 6) is -0.557. The van der Waals surface area contributed by atoms with Gasteiger partial charge < -0.3 is 10.1 Å². The molecule has 0 unspecified atom stereocenters. The van der Waals surface area contributed by atoms with Crippen LogP contribution in [0.15, 0.2) is 71.9 Å². The Bertz CT molecular complexity index is 1160. The van der Waals surface area contributed by atoms with Gasteiger partial charge >= 0.3 is 0 Å². The second kappa shape index (κ2) is 9.65. The van der Waals surface area contributed by atoms with Crippen molar-refractivity contribution in [1.82, 2.24) is 14.8 Å². The first kappa shape index (κ1) is 22.3. The molecule has 8 nitrogen and oxygen atoms in total. The molecule has 0 fully saturated rings. The average Bonchev–Trinajstić information content (AvgIpc) is 2.79. The molecule has 1 N–H and O–H groups in total. The van der Waals surface area contributed by atoms with Gasteiger partial charge in [0.05, 0.1) is 18.2 Å². The monoisotopic (exact) mass is 445 g/mol. The second-order valence-electron chi connectivity index (χ2n) is 6.36. The molecule has 0 bridgehead atoms. The van der Waals surface area contributed by atoms with E-state index < -0.39 is 21.7 Å². The highest BCUT2D eigenvalue weighted by atomic mass is 32.2. The summed E-state index contributed by atoms with van der Waals surface area (Å²) in [6.07, 6.45) is 3.05. The van der Waals surface area contributed by atoms with Crippen LogP contribution in [0.25, 0.3) is 0 Å². The van der Waals surface area contributed by atoms with Crippen molar-refractivity contribution in [2.75, 3.05) is 14.2 Å². The molecular weight excluding hydrogens is 425 g/mol. The Kier molecular flexibility index (Phi) is 6.95. The topological polar surface area (TPSA) is 97.8 Å². The molecule has 1 amide bonds. The second-order valence-corrected chi connectivity index (χ2v) is 8.30. The molecule has 0 saturated heterocycles. The number of benzene rings is 2. The highest BCUT2D eigenvalue weighted by Gasteiger charge is 2.21. The molecule has 0 aliphatic carbocycles. The number of amides is 1. The minimum absolute atomic E-state index is 0.0142. The van der Waals surface area contributed by atoms with Crippen molar-refractivity contribution in [2.45, 2.75) is 11.4 Å².